The molecule has 2 aromatic rings. The van der Waals surface area contributed by atoms with Crippen molar-refractivity contribution in [2.75, 3.05) is 11.9 Å². The van der Waals surface area contributed by atoms with E-state index in [0.717, 1.165) is 11.1 Å². The monoisotopic (exact) mass is 365 g/mol. The number of amides is 1. The molecule has 0 saturated heterocycles. The fourth-order valence-corrected chi connectivity index (χ4v) is 2.67. The highest BCUT2D eigenvalue weighted by atomic mass is 35.5. The quantitative estimate of drug-likeness (QED) is 0.479. The minimum atomic E-state index is -0.383. The summed E-state index contributed by atoms with van der Waals surface area (Å²) in [6.45, 7) is 3.51. The van der Waals surface area contributed by atoms with Crippen LogP contribution in [0.1, 0.15) is 16.7 Å². The van der Waals surface area contributed by atoms with Crippen LogP contribution in [0.3, 0.4) is 0 Å². The van der Waals surface area contributed by atoms with E-state index in [0.29, 0.717) is 21.3 Å². The number of carbonyl (C=O) groups excluding carboxylic acids is 1. The van der Waals surface area contributed by atoms with Crippen molar-refractivity contribution in [3.63, 3.8) is 0 Å². The number of carbonyl (C=O) groups is 1. The van der Waals surface area contributed by atoms with Gasteiger partial charge in [0.15, 0.2) is 12.4 Å². The van der Waals surface area contributed by atoms with Crippen molar-refractivity contribution in [2.24, 2.45) is 10.9 Å². The Hall–Kier alpha value is -2.24. The Bertz CT molecular complexity index is 768. The van der Waals surface area contributed by atoms with E-state index in [2.05, 4.69) is 10.5 Å². The predicted molar refractivity (Wildman–Crippen MR) is 97.7 cm³/mol. The van der Waals surface area contributed by atoms with Gasteiger partial charge in [-0.25, -0.2) is 0 Å². The molecule has 0 saturated carbocycles. The van der Waals surface area contributed by atoms with Crippen LogP contribution in [0.2, 0.25) is 10.0 Å². The Labute approximate surface area is 150 Å². The molecule has 126 valence electrons. The smallest absolute Gasteiger partial charge is 0.265 e. The van der Waals surface area contributed by atoms with E-state index >= 15 is 0 Å². The number of nitrogens with one attached hydrogen (secondary N) is 1. The summed E-state index contributed by atoms with van der Waals surface area (Å²) < 4.78 is 0. The molecule has 5 nitrogen and oxygen atoms in total. The Morgan fingerprint density at radius 1 is 1.25 bits per heavy atom. The average molecular weight is 366 g/mol. The van der Waals surface area contributed by atoms with Gasteiger partial charge in [-0.1, -0.05) is 46.6 Å². The second-order valence-electron chi connectivity index (χ2n) is 5.25. The topological polar surface area (TPSA) is 76.7 Å². The Balaban J connectivity index is 1.95. The van der Waals surface area contributed by atoms with Gasteiger partial charge in [-0.2, -0.15) is 0 Å². The van der Waals surface area contributed by atoms with E-state index in [1.807, 2.05) is 19.9 Å². The number of benzene rings is 2. The van der Waals surface area contributed by atoms with Crippen LogP contribution in [0.5, 0.6) is 0 Å². The lowest BCUT2D eigenvalue weighted by atomic mass is 10.1. The number of aryl methyl sites for hydroxylation is 2. The SMILES string of the molecule is Cc1cc(C)c(NC(=O)CO/N=C(\N)c2cccc(Cl)c2)c(Cl)c1. The molecule has 7 heteroatoms. The number of halogens is 2. The van der Waals surface area contributed by atoms with E-state index in [4.69, 9.17) is 33.8 Å². The van der Waals surface area contributed by atoms with Crippen molar-refractivity contribution in [3.05, 3.63) is 63.1 Å². The first-order chi connectivity index (χ1) is 11.4. The summed E-state index contributed by atoms with van der Waals surface area (Å²) in [5.74, 6) is -0.249. The van der Waals surface area contributed by atoms with Gasteiger partial charge in [-0.15, -0.1) is 0 Å². The molecular weight excluding hydrogens is 349 g/mol. The molecule has 0 aliphatic carbocycles. The van der Waals surface area contributed by atoms with E-state index in [9.17, 15) is 4.79 Å². The van der Waals surface area contributed by atoms with Crippen LogP contribution in [-0.4, -0.2) is 18.3 Å². The van der Waals surface area contributed by atoms with Crippen LogP contribution in [0, 0.1) is 13.8 Å². The molecule has 0 aliphatic rings. The normalized spacial score (nSPS) is 11.2. The third kappa shape index (κ3) is 4.88. The molecule has 3 N–H and O–H groups in total. The van der Waals surface area contributed by atoms with E-state index in [1.54, 1.807) is 30.3 Å². The summed E-state index contributed by atoms with van der Waals surface area (Å²) in [5, 5.41) is 7.43. The largest absolute Gasteiger partial charge is 0.384 e. The number of hydrogen-bond acceptors (Lipinski definition) is 3. The standard InChI is InChI=1S/C17H17Cl2N3O2/c1-10-6-11(2)16(14(19)7-10)21-15(23)9-24-22-17(20)12-4-3-5-13(18)8-12/h3-8H,9H2,1-2H3,(H2,20,22)(H,21,23). The van der Waals surface area contributed by atoms with Crippen molar-refractivity contribution in [1.29, 1.82) is 0 Å². The molecule has 2 rings (SSSR count). The summed E-state index contributed by atoms with van der Waals surface area (Å²) in [4.78, 5) is 16.9. The fraction of sp³-hybridized carbons (Fsp3) is 0.176. The molecule has 0 spiro atoms. The maximum atomic E-state index is 11.9. The lowest BCUT2D eigenvalue weighted by Gasteiger charge is -2.11. The van der Waals surface area contributed by atoms with Crippen LogP contribution >= 0.6 is 23.2 Å². The number of amidine groups is 1. The van der Waals surface area contributed by atoms with Crippen molar-refractivity contribution in [3.8, 4) is 0 Å². The summed E-state index contributed by atoms with van der Waals surface area (Å²) >= 11 is 12.0. The molecule has 24 heavy (non-hydrogen) atoms. The zero-order chi connectivity index (χ0) is 17.7. The van der Waals surface area contributed by atoms with Gasteiger partial charge in [0.25, 0.3) is 5.91 Å². The van der Waals surface area contributed by atoms with Crippen LogP contribution in [-0.2, 0) is 9.63 Å². The van der Waals surface area contributed by atoms with Gasteiger partial charge in [0.05, 0.1) is 10.7 Å². The third-order valence-electron chi connectivity index (χ3n) is 3.18. The maximum Gasteiger partial charge on any atom is 0.265 e. The fourth-order valence-electron chi connectivity index (χ4n) is 2.11. The number of nitrogens with zero attached hydrogens (tertiary/aromatic N) is 1. The van der Waals surface area contributed by atoms with Crippen LogP contribution in [0.4, 0.5) is 5.69 Å². The maximum absolute atomic E-state index is 11.9. The molecule has 0 aromatic heterocycles. The van der Waals surface area contributed by atoms with Gasteiger partial charge in [0, 0.05) is 10.6 Å². The Morgan fingerprint density at radius 3 is 2.67 bits per heavy atom. The number of rotatable bonds is 5. The molecule has 0 aliphatic heterocycles. The minimum Gasteiger partial charge on any atom is -0.384 e. The van der Waals surface area contributed by atoms with E-state index in [-0.39, 0.29) is 18.3 Å². The van der Waals surface area contributed by atoms with Crippen LogP contribution < -0.4 is 11.1 Å². The number of nitrogens with two attached hydrogens (primary N) is 1. The van der Waals surface area contributed by atoms with Crippen molar-refractivity contribution in [1.82, 2.24) is 0 Å². The molecule has 0 fully saturated rings. The lowest BCUT2D eigenvalue weighted by molar-refractivity contribution is -0.120. The zero-order valence-electron chi connectivity index (χ0n) is 13.3. The van der Waals surface area contributed by atoms with Gasteiger partial charge in [-0.3, -0.25) is 4.79 Å². The van der Waals surface area contributed by atoms with Crippen molar-refractivity contribution >= 4 is 40.6 Å². The zero-order valence-corrected chi connectivity index (χ0v) is 14.8. The Kier molecular flexibility index (Phi) is 6.06. The van der Waals surface area contributed by atoms with Crippen LogP contribution in [0.15, 0.2) is 41.6 Å². The predicted octanol–water partition coefficient (Wildman–Crippen LogP) is 3.89. The summed E-state index contributed by atoms with van der Waals surface area (Å²) in [5.41, 5.74) is 8.84. The van der Waals surface area contributed by atoms with Crippen molar-refractivity contribution in [2.45, 2.75) is 13.8 Å². The molecule has 0 atom stereocenters. The highest BCUT2D eigenvalue weighted by Crippen LogP contribution is 2.27. The number of hydrogen-bond donors (Lipinski definition) is 2. The van der Waals surface area contributed by atoms with E-state index in [1.165, 1.54) is 0 Å². The molecule has 2 aromatic carbocycles. The molecule has 0 unspecified atom stereocenters. The van der Waals surface area contributed by atoms with Crippen molar-refractivity contribution < 1.29 is 9.63 Å². The van der Waals surface area contributed by atoms with Gasteiger partial charge >= 0.3 is 0 Å². The van der Waals surface area contributed by atoms with Gasteiger partial charge < -0.3 is 15.9 Å². The minimum absolute atomic E-state index is 0.134. The molecule has 1 amide bonds. The van der Waals surface area contributed by atoms with Gasteiger partial charge in [0.1, 0.15) is 0 Å². The highest BCUT2D eigenvalue weighted by Gasteiger charge is 2.10. The first-order valence-electron chi connectivity index (χ1n) is 7.15. The lowest BCUT2D eigenvalue weighted by Crippen LogP contribution is -2.20. The highest BCUT2D eigenvalue weighted by molar-refractivity contribution is 6.34. The second kappa shape index (κ2) is 8.04. The summed E-state index contributed by atoms with van der Waals surface area (Å²) in [6, 6.07) is 10.6. The number of anilines is 1. The Morgan fingerprint density at radius 2 is 2.00 bits per heavy atom. The molecule has 0 radical (unpaired) electrons. The van der Waals surface area contributed by atoms with E-state index < -0.39 is 0 Å². The van der Waals surface area contributed by atoms with Gasteiger partial charge in [0.2, 0.25) is 0 Å². The second-order valence-corrected chi connectivity index (χ2v) is 6.09. The van der Waals surface area contributed by atoms with Gasteiger partial charge in [-0.05, 0) is 43.2 Å². The first kappa shape index (κ1) is 18.1. The molecular formula is C17H17Cl2N3O2. The summed E-state index contributed by atoms with van der Waals surface area (Å²) in [6.07, 6.45) is 0. The number of oxime groups is 1. The molecule has 0 heterocycles. The molecule has 0 bridgehead atoms. The first-order valence-corrected chi connectivity index (χ1v) is 7.90. The third-order valence-corrected chi connectivity index (χ3v) is 3.71. The summed E-state index contributed by atoms with van der Waals surface area (Å²) in [7, 11) is 0. The van der Waals surface area contributed by atoms with Crippen LogP contribution in [0.25, 0.3) is 0 Å². The average Bonchev–Trinajstić information content (AvgIpc) is 2.50.